The fourth-order valence-corrected chi connectivity index (χ4v) is 2.74. The maximum absolute atomic E-state index is 12.3. The fraction of sp³-hybridized carbons (Fsp3) is 0.526. The van der Waals surface area contributed by atoms with Crippen LogP contribution in [-0.4, -0.2) is 41.4 Å². The van der Waals surface area contributed by atoms with Gasteiger partial charge in [-0.2, -0.15) is 0 Å². The number of nitrogens with one attached hydrogen (secondary N) is 1. The summed E-state index contributed by atoms with van der Waals surface area (Å²) in [6.07, 6.45) is 0.542. The van der Waals surface area contributed by atoms with E-state index in [9.17, 15) is 14.4 Å². The van der Waals surface area contributed by atoms with E-state index in [1.165, 1.54) is 0 Å². The van der Waals surface area contributed by atoms with Crippen LogP contribution in [0.5, 0.6) is 0 Å². The largest absolute Gasteiger partial charge is 0.456 e. The number of ether oxygens (including phenoxy) is 1. The Kier molecular flexibility index (Phi) is 5.82. The van der Waals surface area contributed by atoms with Crippen LogP contribution in [-0.2, 0) is 20.9 Å². The maximum Gasteiger partial charge on any atom is 0.338 e. The Hall–Kier alpha value is -2.37. The highest BCUT2D eigenvalue weighted by Gasteiger charge is 2.36. The SMILES string of the molecule is CCNC(=O)C1CCN(Cc2ccc(C(=O)OC(C)(C)C)cc2)C1=O. The molecular formula is C19H26N2O4. The molecule has 1 aromatic rings. The van der Waals surface area contributed by atoms with Crippen LogP contribution in [0, 0.1) is 5.92 Å². The molecule has 6 heteroatoms. The highest BCUT2D eigenvalue weighted by molar-refractivity contribution is 6.01. The number of carbonyl (C=O) groups excluding carboxylic acids is 3. The zero-order chi connectivity index (χ0) is 18.6. The van der Waals surface area contributed by atoms with Crippen LogP contribution in [0.1, 0.15) is 50.0 Å². The molecule has 1 aromatic carbocycles. The average Bonchev–Trinajstić information content (AvgIpc) is 2.87. The summed E-state index contributed by atoms with van der Waals surface area (Å²) >= 11 is 0. The van der Waals surface area contributed by atoms with E-state index in [4.69, 9.17) is 4.74 Å². The molecule has 6 nitrogen and oxygen atoms in total. The Morgan fingerprint density at radius 3 is 2.44 bits per heavy atom. The molecule has 1 N–H and O–H groups in total. The van der Waals surface area contributed by atoms with E-state index in [2.05, 4.69) is 5.32 Å². The molecule has 1 aliphatic heterocycles. The molecule has 0 saturated carbocycles. The zero-order valence-corrected chi connectivity index (χ0v) is 15.3. The van der Waals surface area contributed by atoms with E-state index in [1.54, 1.807) is 17.0 Å². The molecule has 2 rings (SSSR count). The van der Waals surface area contributed by atoms with Gasteiger partial charge in [-0.25, -0.2) is 4.79 Å². The molecule has 0 bridgehead atoms. The zero-order valence-electron chi connectivity index (χ0n) is 15.3. The van der Waals surface area contributed by atoms with Crippen LogP contribution < -0.4 is 5.32 Å². The van der Waals surface area contributed by atoms with E-state index in [1.807, 2.05) is 39.8 Å². The van der Waals surface area contributed by atoms with Gasteiger partial charge in [0.1, 0.15) is 11.5 Å². The molecule has 136 valence electrons. The quantitative estimate of drug-likeness (QED) is 0.655. The average molecular weight is 346 g/mol. The number of hydrogen-bond acceptors (Lipinski definition) is 4. The summed E-state index contributed by atoms with van der Waals surface area (Å²) in [5.41, 5.74) is 0.857. The second kappa shape index (κ2) is 7.68. The van der Waals surface area contributed by atoms with Gasteiger partial charge >= 0.3 is 5.97 Å². The fourth-order valence-electron chi connectivity index (χ4n) is 2.74. The van der Waals surface area contributed by atoms with Gasteiger partial charge in [-0.1, -0.05) is 12.1 Å². The first-order valence-corrected chi connectivity index (χ1v) is 8.60. The third-order valence-electron chi connectivity index (χ3n) is 3.93. The number of hydrogen-bond donors (Lipinski definition) is 1. The molecule has 0 radical (unpaired) electrons. The van der Waals surface area contributed by atoms with Crippen molar-refractivity contribution in [3.05, 3.63) is 35.4 Å². The third-order valence-corrected chi connectivity index (χ3v) is 3.93. The summed E-state index contributed by atoms with van der Waals surface area (Å²) < 4.78 is 5.33. The van der Waals surface area contributed by atoms with Crippen LogP contribution in [0.2, 0.25) is 0 Å². The molecule has 1 unspecified atom stereocenters. The minimum atomic E-state index is -0.582. The highest BCUT2D eigenvalue weighted by atomic mass is 16.6. The number of rotatable bonds is 5. The van der Waals surface area contributed by atoms with Crippen molar-refractivity contribution in [3.63, 3.8) is 0 Å². The van der Waals surface area contributed by atoms with Crippen molar-refractivity contribution < 1.29 is 19.1 Å². The Morgan fingerprint density at radius 2 is 1.88 bits per heavy atom. The van der Waals surface area contributed by atoms with Crippen molar-refractivity contribution in [2.24, 2.45) is 5.92 Å². The van der Waals surface area contributed by atoms with Crippen LogP contribution in [0.4, 0.5) is 0 Å². The van der Waals surface area contributed by atoms with Crippen LogP contribution >= 0.6 is 0 Å². The Balaban J connectivity index is 1.97. The van der Waals surface area contributed by atoms with Gasteiger partial charge in [0.05, 0.1) is 5.56 Å². The van der Waals surface area contributed by atoms with Gasteiger partial charge in [0.2, 0.25) is 11.8 Å². The van der Waals surface area contributed by atoms with Crippen molar-refractivity contribution in [2.75, 3.05) is 13.1 Å². The molecule has 0 aromatic heterocycles. The van der Waals surface area contributed by atoms with Crippen LogP contribution in [0.15, 0.2) is 24.3 Å². The predicted octanol–water partition coefficient (Wildman–Crippen LogP) is 2.13. The van der Waals surface area contributed by atoms with E-state index in [-0.39, 0.29) is 17.8 Å². The molecule has 1 saturated heterocycles. The molecule has 0 aliphatic carbocycles. The summed E-state index contributed by atoms with van der Waals surface area (Å²) in [7, 11) is 0. The number of benzene rings is 1. The first-order valence-electron chi connectivity index (χ1n) is 8.60. The standard InChI is InChI=1S/C19H26N2O4/c1-5-20-16(22)15-10-11-21(17(15)23)12-13-6-8-14(9-7-13)18(24)25-19(2,3)4/h6-9,15H,5,10-12H2,1-4H3,(H,20,22). The molecule has 1 aliphatic rings. The van der Waals surface area contributed by atoms with Gasteiger partial charge in [-0.3, -0.25) is 9.59 Å². The summed E-state index contributed by atoms with van der Waals surface area (Å²) in [5, 5.41) is 2.70. The van der Waals surface area contributed by atoms with Gasteiger partial charge in [0, 0.05) is 19.6 Å². The highest BCUT2D eigenvalue weighted by Crippen LogP contribution is 2.21. The van der Waals surface area contributed by atoms with Crippen LogP contribution in [0.3, 0.4) is 0 Å². The van der Waals surface area contributed by atoms with Crippen molar-refractivity contribution in [1.82, 2.24) is 10.2 Å². The Bertz CT molecular complexity index is 646. The Labute approximate surface area is 148 Å². The maximum atomic E-state index is 12.3. The predicted molar refractivity (Wildman–Crippen MR) is 93.8 cm³/mol. The molecule has 0 spiro atoms. The van der Waals surface area contributed by atoms with Gasteiger partial charge in [0.25, 0.3) is 0 Å². The third kappa shape index (κ3) is 5.05. The van der Waals surface area contributed by atoms with Crippen molar-refractivity contribution >= 4 is 17.8 Å². The summed E-state index contributed by atoms with van der Waals surface area (Å²) in [6, 6.07) is 7.02. The van der Waals surface area contributed by atoms with Crippen molar-refractivity contribution in [2.45, 2.75) is 46.3 Å². The summed E-state index contributed by atoms with van der Waals surface area (Å²) in [6.45, 7) is 8.82. The van der Waals surface area contributed by atoms with Gasteiger partial charge in [-0.05, 0) is 51.8 Å². The molecule has 1 fully saturated rings. The minimum absolute atomic E-state index is 0.137. The lowest BCUT2D eigenvalue weighted by atomic mass is 10.1. The summed E-state index contributed by atoms with van der Waals surface area (Å²) in [4.78, 5) is 37.9. The molecule has 2 amide bonds. The van der Waals surface area contributed by atoms with Gasteiger partial charge in [-0.15, -0.1) is 0 Å². The first kappa shape index (κ1) is 19.0. The van der Waals surface area contributed by atoms with E-state index in [0.29, 0.717) is 31.6 Å². The van der Waals surface area contributed by atoms with E-state index >= 15 is 0 Å². The summed E-state index contributed by atoms with van der Waals surface area (Å²) in [5.74, 6) is -1.29. The lowest BCUT2D eigenvalue weighted by Gasteiger charge is -2.20. The number of likely N-dealkylation sites (tertiary alicyclic amines) is 1. The van der Waals surface area contributed by atoms with Gasteiger partial charge < -0.3 is 15.0 Å². The number of esters is 1. The normalized spacial score (nSPS) is 17.5. The number of carbonyl (C=O) groups is 3. The number of amides is 2. The number of nitrogens with zero attached hydrogens (tertiary/aromatic N) is 1. The molecular weight excluding hydrogens is 320 g/mol. The van der Waals surface area contributed by atoms with Crippen LogP contribution in [0.25, 0.3) is 0 Å². The Morgan fingerprint density at radius 1 is 1.24 bits per heavy atom. The van der Waals surface area contributed by atoms with Gasteiger partial charge in [0.15, 0.2) is 0 Å². The van der Waals surface area contributed by atoms with E-state index in [0.717, 1.165) is 5.56 Å². The van der Waals surface area contributed by atoms with Crippen molar-refractivity contribution in [3.8, 4) is 0 Å². The van der Waals surface area contributed by atoms with Crippen molar-refractivity contribution in [1.29, 1.82) is 0 Å². The topological polar surface area (TPSA) is 75.7 Å². The second-order valence-corrected chi connectivity index (χ2v) is 7.19. The first-order chi connectivity index (χ1) is 11.7. The lowest BCUT2D eigenvalue weighted by molar-refractivity contribution is -0.138. The molecule has 25 heavy (non-hydrogen) atoms. The monoisotopic (exact) mass is 346 g/mol. The molecule has 1 atom stereocenters. The lowest BCUT2D eigenvalue weighted by Crippen LogP contribution is -2.36. The molecule has 1 heterocycles. The van der Waals surface area contributed by atoms with E-state index < -0.39 is 11.5 Å². The second-order valence-electron chi connectivity index (χ2n) is 7.19. The smallest absolute Gasteiger partial charge is 0.338 e. The minimum Gasteiger partial charge on any atom is -0.456 e.